The first-order valence-corrected chi connectivity index (χ1v) is 9.80. The van der Waals surface area contributed by atoms with E-state index in [1.165, 1.54) is 11.6 Å². The number of nitriles is 1. The molecule has 2 aromatic carbocycles. The van der Waals surface area contributed by atoms with E-state index in [9.17, 15) is 18.4 Å². The molecule has 0 amide bonds. The lowest BCUT2D eigenvalue weighted by Gasteiger charge is -2.17. The molecule has 160 valence electrons. The van der Waals surface area contributed by atoms with Gasteiger partial charge in [-0.3, -0.25) is 0 Å². The average molecular weight is 419 g/mol. The third-order valence-electron chi connectivity index (χ3n) is 4.73. The Labute approximate surface area is 173 Å². The molecule has 0 bridgehead atoms. The van der Waals surface area contributed by atoms with E-state index in [-0.39, 0.29) is 24.1 Å². The summed E-state index contributed by atoms with van der Waals surface area (Å²) in [6, 6.07) is 12.8. The van der Waals surface area contributed by atoms with E-state index in [4.69, 9.17) is 9.47 Å². The van der Waals surface area contributed by atoms with Gasteiger partial charge in [-0.25, -0.2) is 0 Å². The van der Waals surface area contributed by atoms with Gasteiger partial charge in [-0.05, 0) is 49.1 Å². The molecular weight excluding hydrogens is 395 g/mol. The van der Waals surface area contributed by atoms with Crippen molar-refractivity contribution in [1.29, 1.82) is 5.26 Å². The number of nitrogens with one attached hydrogen (secondary N) is 2. The molecule has 0 saturated carbocycles. The van der Waals surface area contributed by atoms with Crippen molar-refractivity contribution < 1.29 is 22.6 Å². The first kappa shape index (κ1) is 21.8. The van der Waals surface area contributed by atoms with Gasteiger partial charge in [-0.15, -0.1) is 0 Å². The summed E-state index contributed by atoms with van der Waals surface area (Å²) in [5.74, 6) is 0.347. The molecule has 1 aliphatic heterocycles. The number of benzene rings is 2. The van der Waals surface area contributed by atoms with Crippen LogP contribution in [-0.4, -0.2) is 38.5 Å². The van der Waals surface area contributed by atoms with E-state index < -0.39 is 12.8 Å². The van der Waals surface area contributed by atoms with Gasteiger partial charge in [-0.1, -0.05) is 18.2 Å². The maximum atomic E-state index is 12.4. The number of hydrogen-bond donors (Lipinski definition) is 2. The number of para-hydroxylation sites is 2. The van der Waals surface area contributed by atoms with Crippen LogP contribution in [0.4, 0.5) is 18.9 Å². The Morgan fingerprint density at radius 2 is 1.93 bits per heavy atom. The Morgan fingerprint density at radius 1 is 1.20 bits per heavy atom. The fourth-order valence-corrected chi connectivity index (χ4v) is 3.44. The van der Waals surface area contributed by atoms with Crippen molar-refractivity contribution in [2.75, 3.05) is 31.6 Å². The minimum atomic E-state index is -4.40. The summed E-state index contributed by atoms with van der Waals surface area (Å²) in [7, 11) is 0. The third-order valence-corrected chi connectivity index (χ3v) is 4.73. The molecule has 1 aliphatic rings. The molecule has 1 unspecified atom stereocenters. The predicted molar refractivity (Wildman–Crippen MR) is 108 cm³/mol. The van der Waals surface area contributed by atoms with Crippen molar-refractivity contribution in [2.45, 2.75) is 32.0 Å². The Hall–Kier alpha value is -2.92. The summed E-state index contributed by atoms with van der Waals surface area (Å²) in [6.45, 7) is 2.34. The van der Waals surface area contributed by atoms with Gasteiger partial charge in [0, 0.05) is 19.1 Å². The van der Waals surface area contributed by atoms with Crippen LogP contribution in [0.5, 0.6) is 11.5 Å². The van der Waals surface area contributed by atoms with E-state index in [0.717, 1.165) is 30.6 Å². The van der Waals surface area contributed by atoms with Crippen molar-refractivity contribution in [3.05, 3.63) is 53.1 Å². The molecule has 2 N–H and O–H groups in total. The Morgan fingerprint density at radius 3 is 2.63 bits per heavy atom. The van der Waals surface area contributed by atoms with E-state index in [1.54, 1.807) is 18.2 Å². The molecule has 0 aromatic heterocycles. The van der Waals surface area contributed by atoms with Crippen molar-refractivity contribution >= 4 is 5.69 Å². The highest BCUT2D eigenvalue weighted by atomic mass is 19.4. The van der Waals surface area contributed by atoms with Crippen LogP contribution in [-0.2, 0) is 12.8 Å². The lowest BCUT2D eigenvalue weighted by Crippen LogP contribution is -2.32. The van der Waals surface area contributed by atoms with Crippen LogP contribution in [0.25, 0.3) is 0 Å². The fourth-order valence-electron chi connectivity index (χ4n) is 3.44. The van der Waals surface area contributed by atoms with Crippen LogP contribution < -0.4 is 20.1 Å². The summed E-state index contributed by atoms with van der Waals surface area (Å²) >= 11 is 0. The maximum Gasteiger partial charge on any atom is 0.422 e. The van der Waals surface area contributed by atoms with E-state index in [1.807, 2.05) is 13.0 Å². The summed E-state index contributed by atoms with van der Waals surface area (Å²) in [5.41, 5.74) is 3.89. The molecule has 0 saturated heterocycles. The van der Waals surface area contributed by atoms with Crippen molar-refractivity contribution in [3.8, 4) is 17.6 Å². The van der Waals surface area contributed by atoms with Crippen LogP contribution in [0.1, 0.15) is 23.6 Å². The van der Waals surface area contributed by atoms with E-state index in [2.05, 4.69) is 22.8 Å². The maximum absolute atomic E-state index is 12.4. The lowest BCUT2D eigenvalue weighted by atomic mass is 9.99. The topological polar surface area (TPSA) is 66.3 Å². The van der Waals surface area contributed by atoms with Crippen LogP contribution in [0.2, 0.25) is 0 Å². The highest BCUT2D eigenvalue weighted by molar-refractivity contribution is 5.66. The molecule has 2 aromatic rings. The van der Waals surface area contributed by atoms with Crippen molar-refractivity contribution in [2.24, 2.45) is 0 Å². The van der Waals surface area contributed by atoms with Crippen molar-refractivity contribution in [3.63, 3.8) is 0 Å². The van der Waals surface area contributed by atoms with Gasteiger partial charge in [0.15, 0.2) is 18.1 Å². The molecule has 0 spiro atoms. The smallest absolute Gasteiger partial charge is 0.422 e. The SMILES string of the molecule is CC(Cc1cc(C#N)c2c(c1)CCN2)NCCOc1ccccc1OCC(F)(F)F. The summed E-state index contributed by atoms with van der Waals surface area (Å²) in [4.78, 5) is 0. The summed E-state index contributed by atoms with van der Waals surface area (Å²) in [6.07, 6.45) is -2.72. The van der Waals surface area contributed by atoms with Gasteiger partial charge in [0.2, 0.25) is 0 Å². The molecule has 0 fully saturated rings. The second-order valence-corrected chi connectivity index (χ2v) is 7.22. The van der Waals surface area contributed by atoms with Crippen LogP contribution in [0.15, 0.2) is 36.4 Å². The third kappa shape index (κ3) is 6.04. The highest BCUT2D eigenvalue weighted by Crippen LogP contribution is 2.29. The first-order chi connectivity index (χ1) is 14.4. The van der Waals surface area contributed by atoms with Gasteiger partial charge in [0.1, 0.15) is 12.7 Å². The average Bonchev–Trinajstić information content (AvgIpc) is 3.17. The molecule has 30 heavy (non-hydrogen) atoms. The molecule has 1 atom stereocenters. The molecule has 1 heterocycles. The van der Waals surface area contributed by atoms with Gasteiger partial charge >= 0.3 is 6.18 Å². The van der Waals surface area contributed by atoms with Crippen LogP contribution in [0.3, 0.4) is 0 Å². The Balaban J connectivity index is 1.47. The Kier molecular flexibility index (Phi) is 7.06. The zero-order chi connectivity index (χ0) is 21.6. The number of alkyl halides is 3. The number of rotatable bonds is 9. The molecule has 5 nitrogen and oxygen atoms in total. The predicted octanol–water partition coefficient (Wildman–Crippen LogP) is 4.07. The highest BCUT2D eigenvalue weighted by Gasteiger charge is 2.29. The second-order valence-electron chi connectivity index (χ2n) is 7.22. The number of hydrogen-bond acceptors (Lipinski definition) is 5. The van der Waals surface area contributed by atoms with Gasteiger partial charge < -0.3 is 20.1 Å². The zero-order valence-corrected chi connectivity index (χ0v) is 16.7. The fraction of sp³-hybridized carbons (Fsp3) is 0.409. The van der Waals surface area contributed by atoms with Gasteiger partial charge in [0.05, 0.1) is 11.3 Å². The molecule has 0 aliphatic carbocycles. The van der Waals surface area contributed by atoms with Crippen LogP contribution >= 0.6 is 0 Å². The first-order valence-electron chi connectivity index (χ1n) is 9.80. The number of anilines is 1. The minimum absolute atomic E-state index is 0.0682. The van der Waals surface area contributed by atoms with Crippen LogP contribution in [0, 0.1) is 11.3 Å². The van der Waals surface area contributed by atoms with E-state index in [0.29, 0.717) is 12.1 Å². The number of halogens is 3. The zero-order valence-electron chi connectivity index (χ0n) is 16.7. The minimum Gasteiger partial charge on any atom is -0.488 e. The largest absolute Gasteiger partial charge is 0.488 e. The number of ether oxygens (including phenoxy) is 2. The van der Waals surface area contributed by atoms with Crippen molar-refractivity contribution in [1.82, 2.24) is 5.32 Å². The molecule has 0 radical (unpaired) electrons. The number of fused-ring (bicyclic) bond motifs is 1. The van der Waals surface area contributed by atoms with Gasteiger partial charge in [-0.2, -0.15) is 18.4 Å². The second kappa shape index (κ2) is 9.72. The molecular formula is C22H24F3N3O2. The van der Waals surface area contributed by atoms with Gasteiger partial charge in [0.25, 0.3) is 0 Å². The molecule has 3 rings (SSSR count). The van der Waals surface area contributed by atoms with E-state index >= 15 is 0 Å². The standard InChI is InChI=1S/C22H24F3N3O2/c1-15(10-16-11-17-6-7-28-21(17)18(12-16)13-26)27-8-9-29-19-4-2-3-5-20(19)30-14-22(23,24)25/h2-5,11-12,15,27-28H,6-10,14H2,1H3. The number of nitrogens with zero attached hydrogens (tertiary/aromatic N) is 1. The lowest BCUT2D eigenvalue weighted by molar-refractivity contribution is -0.153. The monoisotopic (exact) mass is 419 g/mol. The molecule has 8 heteroatoms. The summed E-state index contributed by atoms with van der Waals surface area (Å²) in [5, 5.41) is 15.9. The normalized spacial score (nSPS) is 13.8. The quantitative estimate of drug-likeness (QED) is 0.600. The Bertz CT molecular complexity index is 909. The summed E-state index contributed by atoms with van der Waals surface area (Å²) < 4.78 is 47.5.